The van der Waals surface area contributed by atoms with Crippen molar-refractivity contribution in [1.29, 1.82) is 0 Å². The van der Waals surface area contributed by atoms with E-state index < -0.39 is 15.1 Å². The summed E-state index contributed by atoms with van der Waals surface area (Å²) in [6.07, 6.45) is 3.60. The summed E-state index contributed by atoms with van der Waals surface area (Å²) < 4.78 is 25.8. The molecule has 0 saturated heterocycles. The zero-order valence-electron chi connectivity index (χ0n) is 12.6. The molecule has 4 heteroatoms. The molecule has 2 rings (SSSR count). The van der Waals surface area contributed by atoms with Crippen LogP contribution in [0.25, 0.3) is 0 Å². The number of nitrogens with two attached hydrogens (primary N) is 1. The molecule has 20 heavy (non-hydrogen) atoms. The van der Waals surface area contributed by atoms with Gasteiger partial charge in [-0.1, -0.05) is 31.0 Å². The highest BCUT2D eigenvalue weighted by molar-refractivity contribution is 7.92. The molecule has 3 nitrogen and oxygen atoms in total. The van der Waals surface area contributed by atoms with Gasteiger partial charge >= 0.3 is 0 Å². The average molecular weight is 295 g/mol. The Morgan fingerprint density at radius 1 is 1.25 bits per heavy atom. The first-order valence-corrected chi connectivity index (χ1v) is 8.97. The summed E-state index contributed by atoms with van der Waals surface area (Å²) in [6.45, 7) is 5.97. The van der Waals surface area contributed by atoms with Crippen molar-refractivity contribution >= 4 is 9.84 Å². The number of sulfone groups is 1. The molecule has 1 aromatic rings. The normalized spacial score (nSPS) is 27.5. The lowest BCUT2D eigenvalue weighted by atomic mass is 9.84. The molecule has 2 N–H and O–H groups in total. The first kappa shape index (κ1) is 15.5. The minimum Gasteiger partial charge on any atom is -0.327 e. The molecule has 112 valence electrons. The van der Waals surface area contributed by atoms with Gasteiger partial charge in [0.2, 0.25) is 0 Å². The number of benzene rings is 1. The second kappa shape index (κ2) is 5.86. The van der Waals surface area contributed by atoms with Crippen molar-refractivity contribution in [1.82, 2.24) is 0 Å². The van der Waals surface area contributed by atoms with E-state index in [2.05, 4.69) is 6.92 Å². The summed E-state index contributed by atoms with van der Waals surface area (Å²) >= 11 is 0. The number of aryl methyl sites for hydroxylation is 2. The lowest BCUT2D eigenvalue weighted by Crippen LogP contribution is -2.45. The van der Waals surface area contributed by atoms with Gasteiger partial charge in [0.25, 0.3) is 0 Å². The second-order valence-corrected chi connectivity index (χ2v) is 8.24. The Balaban J connectivity index is 2.38. The van der Waals surface area contributed by atoms with Gasteiger partial charge in [-0.2, -0.15) is 0 Å². The maximum atomic E-state index is 12.9. The first-order valence-electron chi connectivity index (χ1n) is 7.43. The lowest BCUT2D eigenvalue weighted by molar-refractivity contribution is 0.319. The molecule has 1 saturated carbocycles. The molecule has 0 aromatic heterocycles. The van der Waals surface area contributed by atoms with Crippen LogP contribution in [0.2, 0.25) is 0 Å². The van der Waals surface area contributed by atoms with Crippen molar-refractivity contribution in [3.05, 3.63) is 29.3 Å². The van der Waals surface area contributed by atoms with Crippen LogP contribution >= 0.6 is 0 Å². The molecule has 1 aliphatic carbocycles. The first-order chi connectivity index (χ1) is 9.36. The van der Waals surface area contributed by atoms with E-state index in [0.29, 0.717) is 17.2 Å². The van der Waals surface area contributed by atoms with Gasteiger partial charge in [-0.15, -0.1) is 0 Å². The molecule has 0 heterocycles. The molecular weight excluding hydrogens is 270 g/mol. The molecule has 0 bridgehead atoms. The van der Waals surface area contributed by atoms with E-state index in [9.17, 15) is 8.42 Å². The van der Waals surface area contributed by atoms with Crippen LogP contribution in [0.4, 0.5) is 0 Å². The van der Waals surface area contributed by atoms with Crippen LogP contribution in [-0.2, 0) is 9.84 Å². The van der Waals surface area contributed by atoms with Crippen LogP contribution < -0.4 is 5.73 Å². The van der Waals surface area contributed by atoms with Crippen molar-refractivity contribution in [3.63, 3.8) is 0 Å². The van der Waals surface area contributed by atoms with Gasteiger partial charge in [0, 0.05) is 6.04 Å². The Kier molecular flexibility index (Phi) is 4.55. The van der Waals surface area contributed by atoms with Gasteiger partial charge in [0.1, 0.15) is 0 Å². The summed E-state index contributed by atoms with van der Waals surface area (Å²) in [5, 5.41) is -0.428. The maximum Gasteiger partial charge on any atom is 0.183 e. The fourth-order valence-electron chi connectivity index (χ4n) is 3.24. The van der Waals surface area contributed by atoms with Crippen molar-refractivity contribution in [2.75, 3.05) is 0 Å². The highest BCUT2D eigenvalue weighted by Gasteiger charge is 2.38. The van der Waals surface area contributed by atoms with Gasteiger partial charge < -0.3 is 5.73 Å². The Bertz CT molecular complexity index is 580. The van der Waals surface area contributed by atoms with E-state index >= 15 is 0 Å². The molecule has 3 atom stereocenters. The van der Waals surface area contributed by atoms with Gasteiger partial charge in [0.05, 0.1) is 10.1 Å². The SMILES string of the molecule is CCC1CCC(N)C(S(=O)(=O)c2ccc(C)cc2C)C1. The number of hydrogen-bond donors (Lipinski definition) is 1. The van der Waals surface area contributed by atoms with E-state index in [1.165, 1.54) is 0 Å². The molecule has 0 radical (unpaired) electrons. The maximum absolute atomic E-state index is 12.9. The zero-order valence-corrected chi connectivity index (χ0v) is 13.4. The van der Waals surface area contributed by atoms with Crippen molar-refractivity contribution in [2.45, 2.75) is 62.6 Å². The quantitative estimate of drug-likeness (QED) is 0.932. The van der Waals surface area contributed by atoms with E-state index in [4.69, 9.17) is 5.73 Å². The molecule has 0 aliphatic heterocycles. The number of hydrogen-bond acceptors (Lipinski definition) is 3. The largest absolute Gasteiger partial charge is 0.327 e. The van der Waals surface area contributed by atoms with Crippen LogP contribution in [0.1, 0.15) is 43.7 Å². The third kappa shape index (κ3) is 2.91. The minimum atomic E-state index is -3.33. The van der Waals surface area contributed by atoms with Crippen LogP contribution in [0.3, 0.4) is 0 Å². The highest BCUT2D eigenvalue weighted by Crippen LogP contribution is 2.34. The van der Waals surface area contributed by atoms with Gasteiger partial charge in [-0.25, -0.2) is 8.42 Å². The number of rotatable bonds is 3. The van der Waals surface area contributed by atoms with E-state index in [1.807, 2.05) is 26.0 Å². The van der Waals surface area contributed by atoms with Crippen LogP contribution in [-0.4, -0.2) is 19.7 Å². The second-order valence-electron chi connectivity index (χ2n) is 6.10. The van der Waals surface area contributed by atoms with Crippen molar-refractivity contribution in [2.24, 2.45) is 11.7 Å². The van der Waals surface area contributed by atoms with Gasteiger partial charge in [0.15, 0.2) is 9.84 Å². The summed E-state index contributed by atoms with van der Waals surface area (Å²) in [5.41, 5.74) is 8.03. The molecule has 0 spiro atoms. The van der Waals surface area contributed by atoms with E-state index in [0.717, 1.165) is 30.4 Å². The van der Waals surface area contributed by atoms with Crippen LogP contribution in [0.15, 0.2) is 23.1 Å². The lowest BCUT2D eigenvalue weighted by Gasteiger charge is -2.33. The fraction of sp³-hybridized carbons (Fsp3) is 0.625. The van der Waals surface area contributed by atoms with E-state index in [1.54, 1.807) is 6.07 Å². The Labute approximate surface area is 122 Å². The van der Waals surface area contributed by atoms with Crippen molar-refractivity contribution in [3.8, 4) is 0 Å². The topological polar surface area (TPSA) is 60.2 Å². The summed E-state index contributed by atoms with van der Waals surface area (Å²) in [5.74, 6) is 0.486. The minimum absolute atomic E-state index is 0.233. The zero-order chi connectivity index (χ0) is 14.9. The average Bonchev–Trinajstić information content (AvgIpc) is 2.38. The highest BCUT2D eigenvalue weighted by atomic mass is 32.2. The van der Waals surface area contributed by atoms with E-state index in [-0.39, 0.29) is 6.04 Å². The molecule has 3 unspecified atom stereocenters. The Morgan fingerprint density at radius 2 is 1.95 bits per heavy atom. The molecule has 1 fully saturated rings. The predicted octanol–water partition coefficient (Wildman–Crippen LogP) is 2.98. The summed E-state index contributed by atoms with van der Waals surface area (Å²) in [6, 6.07) is 5.30. The fourth-order valence-corrected chi connectivity index (χ4v) is 5.46. The third-order valence-corrected chi connectivity index (χ3v) is 6.97. The van der Waals surface area contributed by atoms with Crippen LogP contribution in [0.5, 0.6) is 0 Å². The molecule has 0 amide bonds. The van der Waals surface area contributed by atoms with Gasteiger partial charge in [-0.05, 0) is 50.7 Å². The molecule has 1 aliphatic rings. The molecule has 1 aromatic carbocycles. The predicted molar refractivity (Wildman–Crippen MR) is 82.5 cm³/mol. The Hall–Kier alpha value is -0.870. The third-order valence-electron chi connectivity index (χ3n) is 4.56. The standard InChI is InChI=1S/C16H25NO2S/c1-4-13-6-7-14(17)16(10-13)20(18,19)15-8-5-11(2)9-12(15)3/h5,8-9,13-14,16H,4,6-7,10,17H2,1-3H3. The Morgan fingerprint density at radius 3 is 2.55 bits per heavy atom. The summed E-state index contributed by atoms with van der Waals surface area (Å²) in [7, 11) is -3.33. The van der Waals surface area contributed by atoms with Crippen LogP contribution in [0, 0.1) is 19.8 Å². The molecular formula is C16H25NO2S. The summed E-state index contributed by atoms with van der Waals surface area (Å²) in [4.78, 5) is 0.459. The monoisotopic (exact) mass is 295 g/mol. The van der Waals surface area contributed by atoms with Gasteiger partial charge in [-0.3, -0.25) is 0 Å². The smallest absolute Gasteiger partial charge is 0.183 e. The van der Waals surface area contributed by atoms with Crippen molar-refractivity contribution < 1.29 is 8.42 Å².